The highest BCUT2D eigenvalue weighted by atomic mass is 31.2. The number of likely N-dealkylation sites (N-methyl/N-ethyl adjacent to an activating group) is 1. The predicted molar refractivity (Wildman–Crippen MR) is 293 cm³/mol. The zero-order valence-electron chi connectivity index (χ0n) is 46.1. The molecule has 8 nitrogen and oxygen atoms in total. The molecule has 0 aromatic carbocycles. The van der Waals surface area contributed by atoms with E-state index in [2.05, 4.69) is 31.3 Å². The van der Waals surface area contributed by atoms with Gasteiger partial charge in [-0.15, -0.1) is 0 Å². The first kappa shape index (κ1) is 67.0. The SMILES string of the molecule is CCCCCCCCCCCCC/C=C/CC/C=C/C(O)C(COP(=O)([O-])OCC[N+](C)(C)C)NC(=O)CCCCCCCCCCCCCCCCCCCCCCCCCCCCCCC. The number of allylic oxidation sites excluding steroid dienone is 3. The van der Waals surface area contributed by atoms with Crippen LogP contribution in [-0.4, -0.2) is 68.5 Å². The number of carbonyl (C=O) groups is 1. The maximum Gasteiger partial charge on any atom is 0.268 e. The summed E-state index contributed by atoms with van der Waals surface area (Å²) >= 11 is 0. The van der Waals surface area contributed by atoms with Crippen LogP contribution >= 0.6 is 7.82 Å². The number of rotatable bonds is 55. The lowest BCUT2D eigenvalue weighted by molar-refractivity contribution is -0.870. The van der Waals surface area contributed by atoms with Crippen LogP contribution in [0.4, 0.5) is 0 Å². The largest absolute Gasteiger partial charge is 0.756 e. The van der Waals surface area contributed by atoms with Crippen molar-refractivity contribution in [3.05, 3.63) is 24.3 Å². The number of aliphatic hydroxyl groups excluding tert-OH is 1. The zero-order valence-corrected chi connectivity index (χ0v) is 47.0. The molecule has 2 N–H and O–H groups in total. The fraction of sp³-hybridized carbons (Fsp3) is 0.915. The van der Waals surface area contributed by atoms with E-state index in [-0.39, 0.29) is 19.1 Å². The number of unbranched alkanes of at least 4 members (excludes halogenated alkanes) is 40. The number of hydrogen-bond acceptors (Lipinski definition) is 6. The van der Waals surface area contributed by atoms with Gasteiger partial charge < -0.3 is 28.8 Å². The van der Waals surface area contributed by atoms with E-state index in [0.717, 1.165) is 38.5 Å². The van der Waals surface area contributed by atoms with Crippen LogP contribution in [0.3, 0.4) is 0 Å². The molecule has 0 spiro atoms. The lowest BCUT2D eigenvalue weighted by atomic mass is 10.0. The highest BCUT2D eigenvalue weighted by molar-refractivity contribution is 7.45. The first-order chi connectivity index (χ1) is 33.0. The number of aliphatic hydroxyl groups is 1. The molecule has 68 heavy (non-hydrogen) atoms. The van der Waals surface area contributed by atoms with E-state index in [0.29, 0.717) is 17.4 Å². The third-order valence-electron chi connectivity index (χ3n) is 13.7. The van der Waals surface area contributed by atoms with Crippen molar-refractivity contribution in [2.24, 2.45) is 0 Å². The summed E-state index contributed by atoms with van der Waals surface area (Å²) in [5.74, 6) is -0.201. The van der Waals surface area contributed by atoms with Crippen molar-refractivity contribution in [2.75, 3.05) is 40.9 Å². The van der Waals surface area contributed by atoms with E-state index in [9.17, 15) is 19.4 Å². The molecule has 9 heteroatoms. The number of phosphoric ester groups is 1. The monoisotopic (exact) mass is 981 g/mol. The third kappa shape index (κ3) is 52.8. The molecule has 0 saturated heterocycles. The van der Waals surface area contributed by atoms with Crippen LogP contribution in [0.5, 0.6) is 0 Å². The molecule has 3 unspecified atom stereocenters. The van der Waals surface area contributed by atoms with Gasteiger partial charge >= 0.3 is 0 Å². The molecule has 1 amide bonds. The standard InChI is InChI=1S/C59H117N2O6P/c1-6-8-10-12-14-16-18-20-22-24-25-26-27-28-29-30-31-32-33-34-35-37-39-41-43-45-47-49-51-53-59(63)60-57(56-67-68(64,65)66-55-54-61(3,4)5)58(62)52-50-48-46-44-42-40-38-36-23-21-19-17-15-13-11-9-7-2/h42,44,50,52,57-58,62H,6-41,43,45-49,51,53-56H2,1-5H3,(H-,60,63,64,65)/b44-42+,52-50+. The van der Waals surface area contributed by atoms with Crippen molar-refractivity contribution in [1.82, 2.24) is 5.32 Å². The fourth-order valence-electron chi connectivity index (χ4n) is 9.00. The lowest BCUT2D eigenvalue weighted by Crippen LogP contribution is -2.45. The molecule has 0 aliphatic heterocycles. The summed E-state index contributed by atoms with van der Waals surface area (Å²) in [4.78, 5) is 25.5. The normalized spacial score (nSPS) is 14.0. The molecular weight excluding hydrogens is 864 g/mol. The van der Waals surface area contributed by atoms with E-state index >= 15 is 0 Å². The highest BCUT2D eigenvalue weighted by Crippen LogP contribution is 2.38. The predicted octanol–water partition coefficient (Wildman–Crippen LogP) is 17.4. The van der Waals surface area contributed by atoms with Crippen molar-refractivity contribution in [1.29, 1.82) is 0 Å². The topological polar surface area (TPSA) is 108 Å². The van der Waals surface area contributed by atoms with Crippen molar-refractivity contribution in [2.45, 2.75) is 309 Å². The Morgan fingerprint density at radius 1 is 0.500 bits per heavy atom. The summed E-state index contributed by atoms with van der Waals surface area (Å²) < 4.78 is 23.3. The molecule has 0 aliphatic rings. The summed E-state index contributed by atoms with van der Waals surface area (Å²) in [6.07, 6.45) is 64.1. The van der Waals surface area contributed by atoms with Crippen molar-refractivity contribution in [3.63, 3.8) is 0 Å². The summed E-state index contributed by atoms with van der Waals surface area (Å²) in [7, 11) is 1.26. The molecule has 0 rings (SSSR count). The minimum absolute atomic E-state index is 0.00377. The number of nitrogens with zero attached hydrogens (tertiary/aromatic N) is 1. The Kier molecular flexibility index (Phi) is 50.1. The first-order valence-corrected chi connectivity index (χ1v) is 31.2. The van der Waals surface area contributed by atoms with Crippen LogP contribution in [0.25, 0.3) is 0 Å². The molecule has 0 aromatic heterocycles. The number of phosphoric acid groups is 1. The molecule has 0 fully saturated rings. The molecular formula is C59H117N2O6P. The quantitative estimate of drug-likeness (QED) is 0.0272. The number of hydrogen-bond donors (Lipinski definition) is 2. The maximum atomic E-state index is 13.0. The van der Waals surface area contributed by atoms with Gasteiger partial charge in [-0.2, -0.15) is 0 Å². The van der Waals surface area contributed by atoms with E-state index < -0.39 is 20.0 Å². The molecule has 0 radical (unpaired) electrons. The Balaban J connectivity index is 4.10. The average Bonchev–Trinajstić information content (AvgIpc) is 3.30. The summed E-state index contributed by atoms with van der Waals surface area (Å²) in [6.45, 7) is 4.67. The minimum atomic E-state index is -4.60. The Morgan fingerprint density at radius 3 is 1.19 bits per heavy atom. The van der Waals surface area contributed by atoms with Crippen molar-refractivity contribution in [3.8, 4) is 0 Å². The molecule has 3 atom stereocenters. The van der Waals surface area contributed by atoms with Crippen LogP contribution in [0.1, 0.15) is 296 Å². The van der Waals surface area contributed by atoms with Gasteiger partial charge in [-0.1, -0.05) is 282 Å². The summed E-state index contributed by atoms with van der Waals surface area (Å²) in [5.41, 5.74) is 0. The van der Waals surface area contributed by atoms with Gasteiger partial charge in [0.15, 0.2) is 0 Å². The van der Waals surface area contributed by atoms with Crippen LogP contribution in [-0.2, 0) is 18.4 Å². The van der Waals surface area contributed by atoms with Crippen LogP contribution in [0.2, 0.25) is 0 Å². The Morgan fingerprint density at radius 2 is 0.824 bits per heavy atom. The van der Waals surface area contributed by atoms with Gasteiger partial charge in [-0.05, 0) is 32.1 Å². The summed E-state index contributed by atoms with van der Waals surface area (Å²) in [5, 5.41) is 13.9. The van der Waals surface area contributed by atoms with Crippen molar-refractivity contribution >= 4 is 13.7 Å². The van der Waals surface area contributed by atoms with Gasteiger partial charge in [0.1, 0.15) is 13.2 Å². The maximum absolute atomic E-state index is 13.0. The molecule has 0 heterocycles. The van der Waals surface area contributed by atoms with Crippen LogP contribution in [0.15, 0.2) is 24.3 Å². The first-order valence-electron chi connectivity index (χ1n) is 29.7. The second-order valence-corrected chi connectivity index (χ2v) is 23.1. The Bertz CT molecular complexity index is 1160. The number of quaternary nitrogens is 1. The molecule has 0 saturated carbocycles. The van der Waals surface area contributed by atoms with Gasteiger partial charge in [0, 0.05) is 6.42 Å². The lowest BCUT2D eigenvalue weighted by Gasteiger charge is -2.29. The fourth-order valence-corrected chi connectivity index (χ4v) is 9.72. The number of amides is 1. The summed E-state index contributed by atoms with van der Waals surface area (Å²) in [6, 6.07) is -0.900. The number of carbonyl (C=O) groups excluding carboxylic acids is 1. The second kappa shape index (κ2) is 50.9. The van der Waals surface area contributed by atoms with E-state index in [1.165, 1.54) is 238 Å². The van der Waals surface area contributed by atoms with Crippen LogP contribution in [0, 0.1) is 0 Å². The van der Waals surface area contributed by atoms with Gasteiger partial charge in [0.25, 0.3) is 7.82 Å². The third-order valence-corrected chi connectivity index (χ3v) is 14.6. The van der Waals surface area contributed by atoms with E-state index in [1.54, 1.807) is 6.08 Å². The zero-order chi connectivity index (χ0) is 49.9. The Hall–Kier alpha value is -1.02. The molecule has 0 bridgehead atoms. The smallest absolute Gasteiger partial charge is 0.268 e. The van der Waals surface area contributed by atoms with Crippen LogP contribution < -0.4 is 10.2 Å². The van der Waals surface area contributed by atoms with Gasteiger partial charge in [-0.3, -0.25) is 9.36 Å². The minimum Gasteiger partial charge on any atom is -0.756 e. The van der Waals surface area contributed by atoms with Gasteiger partial charge in [0.05, 0.1) is 39.9 Å². The average molecular weight is 982 g/mol. The second-order valence-electron chi connectivity index (χ2n) is 21.7. The molecule has 0 aromatic rings. The van der Waals surface area contributed by atoms with E-state index in [4.69, 9.17) is 9.05 Å². The van der Waals surface area contributed by atoms with Gasteiger partial charge in [-0.25, -0.2) is 0 Å². The molecule has 0 aliphatic carbocycles. The Labute approximate surface area is 424 Å². The molecule has 404 valence electrons. The van der Waals surface area contributed by atoms with Gasteiger partial charge in [0.2, 0.25) is 5.91 Å². The van der Waals surface area contributed by atoms with Crippen molar-refractivity contribution < 1.29 is 32.9 Å². The highest BCUT2D eigenvalue weighted by Gasteiger charge is 2.23. The van der Waals surface area contributed by atoms with E-state index in [1.807, 2.05) is 27.2 Å². The number of nitrogens with one attached hydrogen (secondary N) is 1.